The monoisotopic (exact) mass is 304 g/mol. The van der Waals surface area contributed by atoms with Crippen LogP contribution in [0, 0.1) is 0 Å². The van der Waals surface area contributed by atoms with Crippen molar-refractivity contribution in [2.45, 2.75) is 52.6 Å². The quantitative estimate of drug-likeness (QED) is 0.325. The molecule has 0 spiro atoms. The molecular formula is C14H24O7. The van der Waals surface area contributed by atoms with Gasteiger partial charge in [0.2, 0.25) is 0 Å². The molecule has 0 saturated heterocycles. The van der Waals surface area contributed by atoms with E-state index in [-0.39, 0.29) is 31.9 Å². The summed E-state index contributed by atoms with van der Waals surface area (Å²) in [5.41, 5.74) is 0. The van der Waals surface area contributed by atoms with Crippen molar-refractivity contribution < 1.29 is 33.3 Å². The first-order valence-corrected chi connectivity index (χ1v) is 7.05. The molecule has 0 aliphatic carbocycles. The Bertz CT molecular complexity index is 305. The van der Waals surface area contributed by atoms with Crippen molar-refractivity contribution in [2.24, 2.45) is 0 Å². The van der Waals surface area contributed by atoms with Crippen LogP contribution in [0.4, 0.5) is 0 Å². The third-order valence-electron chi connectivity index (χ3n) is 2.33. The Morgan fingerprint density at radius 1 is 0.857 bits per heavy atom. The maximum absolute atomic E-state index is 11.3. The van der Waals surface area contributed by atoms with Crippen LogP contribution in [0.5, 0.6) is 0 Å². The zero-order valence-corrected chi connectivity index (χ0v) is 12.9. The van der Waals surface area contributed by atoms with E-state index in [0.29, 0.717) is 25.7 Å². The van der Waals surface area contributed by atoms with Gasteiger partial charge in [-0.05, 0) is 12.8 Å². The second-order valence-electron chi connectivity index (χ2n) is 4.41. The average molecular weight is 304 g/mol. The molecule has 0 aromatic rings. The molecule has 0 fully saturated rings. The predicted octanol–water partition coefficient (Wildman–Crippen LogP) is 1.58. The van der Waals surface area contributed by atoms with Crippen LogP contribution in [0.1, 0.15) is 46.5 Å². The Labute approximate surface area is 124 Å². The summed E-state index contributed by atoms with van der Waals surface area (Å²) in [6.07, 6.45) is 1.33. The van der Waals surface area contributed by atoms with Crippen molar-refractivity contribution in [1.29, 1.82) is 0 Å². The molecule has 0 N–H and O–H groups in total. The van der Waals surface area contributed by atoms with Gasteiger partial charge in [-0.25, -0.2) is 0 Å². The molecule has 0 aliphatic heterocycles. The first kappa shape index (κ1) is 19.4. The molecule has 0 amide bonds. The molecule has 0 atom stereocenters. The van der Waals surface area contributed by atoms with Crippen molar-refractivity contribution >= 4 is 17.9 Å². The lowest BCUT2D eigenvalue weighted by Gasteiger charge is -2.17. The molecule has 0 rings (SSSR count). The minimum atomic E-state index is -0.661. The zero-order chi connectivity index (χ0) is 16.1. The highest BCUT2D eigenvalue weighted by atomic mass is 16.7. The summed E-state index contributed by atoms with van der Waals surface area (Å²) in [6.45, 7) is 4.58. The molecule has 0 radical (unpaired) electrons. The van der Waals surface area contributed by atoms with E-state index in [1.807, 2.05) is 13.8 Å². The largest absolute Gasteiger partial charge is 0.463 e. The number of ether oxygens (including phenoxy) is 4. The van der Waals surface area contributed by atoms with E-state index >= 15 is 0 Å². The summed E-state index contributed by atoms with van der Waals surface area (Å²) in [7, 11) is 0. The number of hydrogen-bond acceptors (Lipinski definition) is 7. The first-order valence-electron chi connectivity index (χ1n) is 7.05. The van der Waals surface area contributed by atoms with Gasteiger partial charge >= 0.3 is 17.9 Å². The highest BCUT2D eigenvalue weighted by Gasteiger charge is 2.15. The molecule has 0 unspecified atom stereocenters. The van der Waals surface area contributed by atoms with Crippen LogP contribution < -0.4 is 0 Å². The van der Waals surface area contributed by atoms with Crippen molar-refractivity contribution in [1.82, 2.24) is 0 Å². The van der Waals surface area contributed by atoms with Gasteiger partial charge in [0.15, 0.2) is 6.79 Å². The molecule has 7 nitrogen and oxygen atoms in total. The Balaban J connectivity index is 4.16. The van der Waals surface area contributed by atoms with Gasteiger partial charge in [0.25, 0.3) is 0 Å². The van der Waals surface area contributed by atoms with E-state index < -0.39 is 12.1 Å². The fraction of sp³-hybridized carbons (Fsp3) is 0.786. The third-order valence-corrected chi connectivity index (χ3v) is 2.33. The summed E-state index contributed by atoms with van der Waals surface area (Å²) in [5, 5.41) is 0. The number of hydrogen-bond donors (Lipinski definition) is 0. The average Bonchev–Trinajstić information content (AvgIpc) is 2.41. The van der Waals surface area contributed by atoms with Crippen LogP contribution >= 0.6 is 0 Å². The molecule has 0 saturated carbocycles. The maximum atomic E-state index is 11.3. The summed E-state index contributed by atoms with van der Waals surface area (Å²) in [5.74, 6) is -1.18. The minimum Gasteiger partial charge on any atom is -0.463 e. The Kier molecular flexibility index (Phi) is 11.2. The van der Waals surface area contributed by atoms with E-state index in [1.165, 1.54) is 6.92 Å². The van der Waals surface area contributed by atoms with Gasteiger partial charge < -0.3 is 18.9 Å². The molecule has 0 aromatic carbocycles. The second-order valence-corrected chi connectivity index (χ2v) is 4.41. The van der Waals surface area contributed by atoms with Gasteiger partial charge in [0.1, 0.15) is 19.3 Å². The van der Waals surface area contributed by atoms with Crippen LogP contribution in [0.3, 0.4) is 0 Å². The standard InChI is InChI=1S/C14H24O7/c1-4-6-13(16)18-8-12(21-10-20-11(3)15)9-19-14(17)7-5-2/h12H,4-10H2,1-3H3. The fourth-order valence-corrected chi connectivity index (χ4v) is 1.28. The molecule has 21 heavy (non-hydrogen) atoms. The summed E-state index contributed by atoms with van der Waals surface area (Å²) >= 11 is 0. The lowest BCUT2D eigenvalue weighted by atomic mass is 10.3. The highest BCUT2D eigenvalue weighted by Crippen LogP contribution is 2.01. The Morgan fingerprint density at radius 2 is 1.33 bits per heavy atom. The molecule has 0 aliphatic rings. The zero-order valence-electron chi connectivity index (χ0n) is 12.9. The Morgan fingerprint density at radius 3 is 1.71 bits per heavy atom. The van der Waals surface area contributed by atoms with Crippen LogP contribution in [0.2, 0.25) is 0 Å². The third kappa shape index (κ3) is 11.9. The summed E-state index contributed by atoms with van der Waals surface area (Å²) in [4.78, 5) is 33.3. The van der Waals surface area contributed by atoms with E-state index in [9.17, 15) is 14.4 Å². The maximum Gasteiger partial charge on any atom is 0.305 e. The van der Waals surface area contributed by atoms with Crippen LogP contribution in [-0.2, 0) is 33.3 Å². The van der Waals surface area contributed by atoms with Crippen molar-refractivity contribution in [3.05, 3.63) is 0 Å². The van der Waals surface area contributed by atoms with E-state index in [4.69, 9.17) is 14.2 Å². The Hall–Kier alpha value is -1.63. The number of esters is 3. The van der Waals surface area contributed by atoms with E-state index in [2.05, 4.69) is 4.74 Å². The topological polar surface area (TPSA) is 88.1 Å². The normalized spacial score (nSPS) is 10.3. The first-order chi connectivity index (χ1) is 9.99. The fourth-order valence-electron chi connectivity index (χ4n) is 1.28. The molecular weight excluding hydrogens is 280 g/mol. The lowest BCUT2D eigenvalue weighted by Crippen LogP contribution is -2.29. The molecule has 7 heteroatoms. The van der Waals surface area contributed by atoms with Gasteiger partial charge in [-0.3, -0.25) is 14.4 Å². The SMILES string of the molecule is CCCC(=O)OCC(COC(=O)CCC)OCOC(C)=O. The molecule has 122 valence electrons. The molecule has 0 aromatic heterocycles. The van der Waals surface area contributed by atoms with E-state index in [1.54, 1.807) is 0 Å². The second kappa shape index (κ2) is 12.1. The lowest BCUT2D eigenvalue weighted by molar-refractivity contribution is -0.174. The number of carbonyl (C=O) groups is 3. The van der Waals surface area contributed by atoms with Gasteiger partial charge in [-0.2, -0.15) is 0 Å². The minimum absolute atomic E-state index is 0.0560. The van der Waals surface area contributed by atoms with Gasteiger partial charge in [-0.15, -0.1) is 0 Å². The van der Waals surface area contributed by atoms with Crippen molar-refractivity contribution in [3.8, 4) is 0 Å². The van der Waals surface area contributed by atoms with Crippen LogP contribution in [-0.4, -0.2) is 44.0 Å². The van der Waals surface area contributed by atoms with Crippen molar-refractivity contribution in [2.75, 3.05) is 20.0 Å². The molecule has 0 heterocycles. The number of rotatable bonds is 11. The highest BCUT2D eigenvalue weighted by molar-refractivity contribution is 5.69. The van der Waals surface area contributed by atoms with E-state index in [0.717, 1.165) is 0 Å². The smallest absolute Gasteiger partial charge is 0.305 e. The number of carbonyl (C=O) groups excluding carboxylic acids is 3. The van der Waals surface area contributed by atoms with Crippen LogP contribution in [0.15, 0.2) is 0 Å². The summed E-state index contributed by atoms with van der Waals surface area (Å²) in [6, 6.07) is 0. The van der Waals surface area contributed by atoms with Gasteiger partial charge in [0.05, 0.1) is 0 Å². The van der Waals surface area contributed by atoms with Gasteiger partial charge in [0, 0.05) is 19.8 Å². The molecule has 0 bridgehead atoms. The van der Waals surface area contributed by atoms with Crippen molar-refractivity contribution in [3.63, 3.8) is 0 Å². The summed E-state index contributed by atoms with van der Waals surface area (Å²) < 4.78 is 19.8. The predicted molar refractivity (Wildman–Crippen MR) is 73.2 cm³/mol. The van der Waals surface area contributed by atoms with Crippen LogP contribution in [0.25, 0.3) is 0 Å². The van der Waals surface area contributed by atoms with Gasteiger partial charge in [-0.1, -0.05) is 13.8 Å².